The number of phenolic OH excluding ortho intramolecular Hbond substituents is 1. The summed E-state index contributed by atoms with van der Waals surface area (Å²) in [5.41, 5.74) is 0.973. The monoisotopic (exact) mass is 428 g/mol. The number of nitrogens with one attached hydrogen (secondary N) is 1. The molecule has 2 N–H and O–H groups in total. The van der Waals surface area contributed by atoms with Gasteiger partial charge in [0.25, 0.3) is 0 Å². The summed E-state index contributed by atoms with van der Waals surface area (Å²) in [6.45, 7) is 11.9. The Bertz CT molecular complexity index is 743. The van der Waals surface area contributed by atoms with Gasteiger partial charge < -0.3 is 16.0 Å². The van der Waals surface area contributed by atoms with E-state index in [-0.39, 0.29) is 42.1 Å². The van der Waals surface area contributed by atoms with Crippen LogP contribution in [0, 0.1) is 5.92 Å². The van der Waals surface area contributed by atoms with Crippen LogP contribution < -0.4 is 39.0 Å². The molecule has 164 valence electrons. The first-order valence-electron chi connectivity index (χ1n) is 10.7. The Morgan fingerprint density at radius 1 is 1.10 bits per heavy atom. The second-order valence-electron chi connectivity index (χ2n) is 8.59. The van der Waals surface area contributed by atoms with Crippen LogP contribution in [0.3, 0.4) is 0 Å². The van der Waals surface area contributed by atoms with Crippen molar-refractivity contribution >= 4 is 0 Å². The van der Waals surface area contributed by atoms with E-state index in [4.69, 9.17) is 9.47 Å². The van der Waals surface area contributed by atoms with Gasteiger partial charge >= 0.3 is 29.6 Å². The molecule has 0 unspecified atom stereocenters. The Morgan fingerprint density at radius 2 is 1.83 bits per heavy atom. The van der Waals surface area contributed by atoms with Gasteiger partial charge in [-0.3, -0.25) is 0 Å². The summed E-state index contributed by atoms with van der Waals surface area (Å²) < 4.78 is 11.7. The molecule has 0 atom stereocenters. The Hall–Kier alpha value is -1.31. The Kier molecular flexibility index (Phi) is 11.7. The molecule has 2 rings (SSSR count). The molecule has 0 aliphatic carbocycles. The number of tetrazole rings is 1. The second-order valence-corrected chi connectivity index (χ2v) is 8.59. The summed E-state index contributed by atoms with van der Waals surface area (Å²) in [6.07, 6.45) is 5.87. The number of H-pyrrole nitrogens is 1. The van der Waals surface area contributed by atoms with Crippen molar-refractivity contribution in [2.24, 2.45) is 5.92 Å². The first-order valence-corrected chi connectivity index (χ1v) is 10.7. The Morgan fingerprint density at radius 3 is 2.47 bits per heavy atom. The number of aromatic nitrogens is 4. The van der Waals surface area contributed by atoms with E-state index in [0.29, 0.717) is 24.9 Å². The number of phenols is 1. The van der Waals surface area contributed by atoms with Gasteiger partial charge in [-0.15, -0.1) is 10.2 Å². The third kappa shape index (κ3) is 8.44. The summed E-state index contributed by atoms with van der Waals surface area (Å²) in [7, 11) is 0. The van der Waals surface area contributed by atoms with Crippen molar-refractivity contribution in [1.82, 2.24) is 20.6 Å². The largest absolute Gasteiger partial charge is 1.00 e. The van der Waals surface area contributed by atoms with Gasteiger partial charge in [0.2, 0.25) is 0 Å². The maximum Gasteiger partial charge on any atom is 1.00 e. The topological polar surface area (TPSA) is 93.1 Å². The van der Waals surface area contributed by atoms with Crippen LogP contribution in [-0.2, 0) is 11.8 Å². The summed E-state index contributed by atoms with van der Waals surface area (Å²) >= 11 is 0. The van der Waals surface area contributed by atoms with Gasteiger partial charge in [-0.25, -0.2) is 0 Å². The van der Waals surface area contributed by atoms with Gasteiger partial charge in [-0.05, 0) is 43.2 Å². The van der Waals surface area contributed by atoms with Gasteiger partial charge in [0.15, 0.2) is 17.3 Å². The molecule has 8 heteroatoms. The number of aryl methyl sites for hydroxylation is 1. The van der Waals surface area contributed by atoms with E-state index in [1.165, 1.54) is 0 Å². The van der Waals surface area contributed by atoms with Crippen LogP contribution in [0.1, 0.15) is 79.5 Å². The number of aromatic hydroxyl groups is 1. The van der Waals surface area contributed by atoms with E-state index in [1.807, 2.05) is 6.07 Å². The molecule has 7 nitrogen and oxygen atoms in total. The van der Waals surface area contributed by atoms with Crippen LogP contribution in [0.4, 0.5) is 0 Å². The van der Waals surface area contributed by atoms with Crippen LogP contribution in [0.5, 0.6) is 17.2 Å². The first-order chi connectivity index (χ1) is 13.8. The Balaban J connectivity index is 0.00000450. The molecule has 0 saturated carbocycles. The third-order valence-corrected chi connectivity index (χ3v) is 5.13. The quantitative estimate of drug-likeness (QED) is 0.374. The molecule has 0 bridgehead atoms. The molecule has 1 aromatic heterocycles. The summed E-state index contributed by atoms with van der Waals surface area (Å²) in [5.74, 6) is 2.76. The molecule has 0 radical (unpaired) electrons. The minimum Gasteiger partial charge on any atom is -1.00 e. The molecular formula is C22H37N4NaO3. The number of rotatable bonds is 13. The molecule has 1 aromatic carbocycles. The van der Waals surface area contributed by atoms with Crippen molar-refractivity contribution in [3.63, 3.8) is 0 Å². The Labute approximate surface area is 204 Å². The average Bonchev–Trinajstić information content (AvgIpc) is 3.21. The van der Waals surface area contributed by atoms with Crippen LogP contribution >= 0.6 is 0 Å². The van der Waals surface area contributed by atoms with Crippen molar-refractivity contribution in [3.05, 3.63) is 23.5 Å². The zero-order valence-corrected chi connectivity index (χ0v) is 21.5. The predicted molar refractivity (Wildman–Crippen MR) is 115 cm³/mol. The number of unbranched alkanes of at least 4 members (excludes halogenated alkanes) is 2. The minimum absolute atomic E-state index is 0. The van der Waals surface area contributed by atoms with Gasteiger partial charge in [0.1, 0.15) is 5.75 Å². The average molecular weight is 429 g/mol. The van der Waals surface area contributed by atoms with Crippen LogP contribution in [0.15, 0.2) is 12.1 Å². The zero-order valence-electron chi connectivity index (χ0n) is 20.5. The van der Waals surface area contributed by atoms with Gasteiger partial charge in [0, 0.05) is 11.5 Å². The molecule has 0 spiro atoms. The van der Waals surface area contributed by atoms with Crippen molar-refractivity contribution in [2.45, 2.75) is 78.6 Å². The number of aromatic amines is 1. The van der Waals surface area contributed by atoms with E-state index in [9.17, 15) is 5.11 Å². The van der Waals surface area contributed by atoms with E-state index in [0.717, 1.165) is 55.7 Å². The fraction of sp³-hybridized carbons (Fsp3) is 0.682. The standard InChI is InChI=1S/C22H36N4O3.Na.H/c1-6-17-14-20(29-13-10-16(2)3)18(27)15-19(17)28-12-9-7-8-11-22(4,5)21-23-25-26-24-21;;/h14-16,27H,6-13H2,1-5H3,(H,23,24,25,26);;/q;+1;-1. The van der Waals surface area contributed by atoms with Gasteiger partial charge in [-0.1, -0.05) is 52.7 Å². The van der Waals surface area contributed by atoms with Crippen LogP contribution in [0.2, 0.25) is 0 Å². The molecule has 0 aliphatic rings. The molecule has 2 aromatic rings. The maximum absolute atomic E-state index is 10.3. The molecular weight excluding hydrogens is 391 g/mol. The van der Waals surface area contributed by atoms with Gasteiger partial charge in [-0.2, -0.15) is 5.21 Å². The molecule has 0 saturated heterocycles. The van der Waals surface area contributed by atoms with Crippen molar-refractivity contribution in [2.75, 3.05) is 13.2 Å². The fourth-order valence-electron chi connectivity index (χ4n) is 3.11. The van der Waals surface area contributed by atoms with Crippen LogP contribution in [-0.4, -0.2) is 38.9 Å². The van der Waals surface area contributed by atoms with Crippen molar-refractivity contribution in [3.8, 4) is 17.2 Å². The molecule has 1 heterocycles. The molecule has 0 fully saturated rings. The molecule has 0 aliphatic heterocycles. The van der Waals surface area contributed by atoms with E-state index >= 15 is 0 Å². The van der Waals surface area contributed by atoms with E-state index < -0.39 is 0 Å². The number of benzene rings is 1. The first kappa shape index (κ1) is 26.7. The van der Waals surface area contributed by atoms with Crippen molar-refractivity contribution in [1.29, 1.82) is 0 Å². The zero-order chi connectivity index (χ0) is 21.3. The summed E-state index contributed by atoms with van der Waals surface area (Å²) in [5, 5.41) is 24.6. The normalized spacial score (nSPS) is 11.4. The third-order valence-electron chi connectivity index (χ3n) is 5.13. The van der Waals surface area contributed by atoms with Crippen molar-refractivity contribution < 1.29 is 45.6 Å². The molecule has 0 amide bonds. The number of hydrogen-bond donors (Lipinski definition) is 2. The van der Waals surface area contributed by atoms with Gasteiger partial charge in [0.05, 0.1) is 13.2 Å². The number of ether oxygens (including phenoxy) is 2. The van der Waals surface area contributed by atoms with Crippen LogP contribution in [0.25, 0.3) is 0 Å². The van der Waals surface area contributed by atoms with E-state index in [2.05, 4.69) is 55.2 Å². The summed E-state index contributed by atoms with van der Waals surface area (Å²) in [6, 6.07) is 3.58. The van der Waals surface area contributed by atoms with E-state index in [1.54, 1.807) is 6.07 Å². The minimum atomic E-state index is -0.0829. The SMILES string of the molecule is CCc1cc(OCCC(C)C)c(O)cc1OCCCCCC(C)(C)c1nn[nH]n1.[H-].[Na+]. The number of hydrogen-bond acceptors (Lipinski definition) is 6. The maximum atomic E-state index is 10.3. The fourth-order valence-corrected chi connectivity index (χ4v) is 3.11. The predicted octanol–water partition coefficient (Wildman–Crippen LogP) is 1.93. The number of nitrogens with zero attached hydrogens (tertiary/aromatic N) is 3. The smallest absolute Gasteiger partial charge is 1.00 e. The second kappa shape index (κ2) is 13.2. The summed E-state index contributed by atoms with van der Waals surface area (Å²) in [4.78, 5) is 0. The molecule has 30 heavy (non-hydrogen) atoms.